The van der Waals surface area contributed by atoms with Crippen LogP contribution < -0.4 is 0 Å². The quantitative estimate of drug-likeness (QED) is 0.805. The molecule has 0 fully saturated rings. The lowest BCUT2D eigenvalue weighted by Crippen LogP contribution is -2.26. The van der Waals surface area contributed by atoms with Gasteiger partial charge in [-0.15, -0.1) is 0 Å². The van der Waals surface area contributed by atoms with Gasteiger partial charge in [-0.3, -0.25) is 0 Å². The highest BCUT2D eigenvalue weighted by Gasteiger charge is 2.52. The van der Waals surface area contributed by atoms with E-state index in [2.05, 4.69) is 0 Å². The Balaban J connectivity index is 3.86. The Morgan fingerprint density at radius 3 is 1.32 bits per heavy atom. The average molecular weight is 372 g/mol. The van der Waals surface area contributed by atoms with Crippen molar-refractivity contribution in [2.24, 2.45) is 0 Å². The van der Waals surface area contributed by atoms with Crippen molar-refractivity contribution in [3.63, 3.8) is 0 Å². The third kappa shape index (κ3) is 2.86. The Hall–Kier alpha value is -1.50. The van der Waals surface area contributed by atoms with Crippen LogP contribution in [0.5, 0.6) is 5.75 Å². The van der Waals surface area contributed by atoms with Crippen LogP contribution in [0.2, 0.25) is 0 Å². The summed E-state index contributed by atoms with van der Waals surface area (Å²) >= 11 is 0. The van der Waals surface area contributed by atoms with Gasteiger partial charge in [0.2, 0.25) is 0 Å². The zero-order valence-electron chi connectivity index (χ0n) is 10.3. The predicted octanol–water partition coefficient (Wildman–Crippen LogP) is 2.29. The molecule has 1 aromatic rings. The lowest BCUT2D eigenvalue weighted by atomic mass is 10.2. The van der Waals surface area contributed by atoms with Gasteiger partial charge in [0.1, 0.15) is 9.79 Å². The highest BCUT2D eigenvalue weighted by atomic mass is 32.2. The molecular formula is C9H6F6O5S2. The van der Waals surface area contributed by atoms with Gasteiger partial charge in [-0.25, -0.2) is 16.8 Å². The Bertz CT molecular complexity index is 739. The van der Waals surface area contributed by atoms with Gasteiger partial charge in [-0.1, -0.05) is 0 Å². The SMILES string of the molecule is Cc1cc(S(=O)(=O)C(F)(F)F)c(O)c(S(=O)(=O)C(F)(F)F)c1. The highest BCUT2D eigenvalue weighted by Crippen LogP contribution is 2.42. The van der Waals surface area contributed by atoms with Crippen LogP contribution in [-0.2, 0) is 19.7 Å². The summed E-state index contributed by atoms with van der Waals surface area (Å²) in [4.78, 5) is -3.94. The third-order valence-corrected chi connectivity index (χ3v) is 5.37. The number of hydrogen-bond acceptors (Lipinski definition) is 5. The minimum absolute atomic E-state index is 0.216. The van der Waals surface area contributed by atoms with Crippen LogP contribution in [0.3, 0.4) is 0 Å². The number of aromatic hydroxyl groups is 1. The molecule has 0 aromatic heterocycles. The molecule has 0 radical (unpaired) electrons. The van der Waals surface area contributed by atoms with E-state index in [-0.39, 0.29) is 12.1 Å². The first kappa shape index (κ1) is 18.5. The van der Waals surface area contributed by atoms with Crippen LogP contribution >= 0.6 is 0 Å². The second-order valence-corrected chi connectivity index (χ2v) is 7.83. The van der Waals surface area contributed by atoms with Gasteiger partial charge in [-0.05, 0) is 24.6 Å². The maximum absolute atomic E-state index is 12.4. The summed E-state index contributed by atoms with van der Waals surface area (Å²) in [7, 11) is -12.5. The first-order valence-electron chi connectivity index (χ1n) is 5.00. The fourth-order valence-electron chi connectivity index (χ4n) is 1.37. The first-order chi connectivity index (χ1) is 9.53. The van der Waals surface area contributed by atoms with Gasteiger partial charge in [0.25, 0.3) is 19.7 Å². The molecule has 0 heterocycles. The molecule has 0 spiro atoms. The molecule has 22 heavy (non-hydrogen) atoms. The maximum atomic E-state index is 12.4. The Morgan fingerprint density at radius 1 is 0.818 bits per heavy atom. The molecule has 0 unspecified atom stereocenters. The molecule has 0 aliphatic heterocycles. The second kappa shape index (κ2) is 5.01. The Labute approximate surface area is 120 Å². The van der Waals surface area contributed by atoms with Gasteiger partial charge in [-0.2, -0.15) is 26.3 Å². The Kier molecular flexibility index (Phi) is 4.22. The van der Waals surface area contributed by atoms with Crippen molar-refractivity contribution < 1.29 is 48.3 Å². The van der Waals surface area contributed by atoms with Crippen molar-refractivity contribution in [2.75, 3.05) is 0 Å². The fraction of sp³-hybridized carbons (Fsp3) is 0.333. The molecular weight excluding hydrogens is 366 g/mol. The van der Waals surface area contributed by atoms with E-state index in [4.69, 9.17) is 0 Å². The van der Waals surface area contributed by atoms with E-state index in [1.807, 2.05) is 0 Å². The Morgan fingerprint density at radius 2 is 1.09 bits per heavy atom. The molecule has 0 aliphatic rings. The van der Waals surface area contributed by atoms with E-state index in [0.717, 1.165) is 6.92 Å². The minimum atomic E-state index is -6.24. The van der Waals surface area contributed by atoms with E-state index in [9.17, 15) is 48.3 Å². The third-order valence-electron chi connectivity index (χ3n) is 2.37. The second-order valence-electron chi connectivity index (χ2n) is 4.01. The fourth-order valence-corrected chi connectivity index (χ4v) is 3.35. The number of benzene rings is 1. The number of alkyl halides is 6. The normalized spacial score (nSPS) is 14.1. The summed E-state index contributed by atoms with van der Waals surface area (Å²) in [5, 5.41) is 9.35. The summed E-state index contributed by atoms with van der Waals surface area (Å²) in [6, 6.07) is 0.432. The van der Waals surface area contributed by atoms with Crippen LogP contribution in [0.4, 0.5) is 26.3 Å². The van der Waals surface area contributed by atoms with Crippen molar-refractivity contribution in [2.45, 2.75) is 27.7 Å². The molecule has 5 nitrogen and oxygen atoms in total. The van der Waals surface area contributed by atoms with Crippen LogP contribution in [0.1, 0.15) is 5.56 Å². The smallest absolute Gasteiger partial charge is 0.502 e. The van der Waals surface area contributed by atoms with E-state index >= 15 is 0 Å². The van der Waals surface area contributed by atoms with Gasteiger partial charge in [0, 0.05) is 0 Å². The van der Waals surface area contributed by atoms with Crippen molar-refractivity contribution >= 4 is 19.7 Å². The molecule has 1 aromatic carbocycles. The molecule has 0 bridgehead atoms. The number of phenolic OH excluding ortho intramolecular Hbond substituents is 1. The van der Waals surface area contributed by atoms with Crippen LogP contribution in [0.15, 0.2) is 21.9 Å². The molecule has 0 atom stereocenters. The largest absolute Gasteiger partial charge is 0.505 e. The van der Waals surface area contributed by atoms with Gasteiger partial charge in [0.15, 0.2) is 5.75 Å². The summed E-state index contributed by atoms with van der Waals surface area (Å²) in [6.45, 7) is 0.865. The highest BCUT2D eigenvalue weighted by molar-refractivity contribution is 7.93. The number of rotatable bonds is 2. The number of hydrogen-bond donors (Lipinski definition) is 1. The van der Waals surface area contributed by atoms with Crippen molar-refractivity contribution in [1.82, 2.24) is 0 Å². The summed E-state index contributed by atoms with van der Waals surface area (Å²) < 4.78 is 119. The molecule has 1 rings (SSSR count). The zero-order chi connectivity index (χ0) is 17.7. The average Bonchev–Trinajstić information content (AvgIpc) is 2.28. The standard InChI is InChI=1S/C9H6F6O5S2/c1-4-2-5(21(17,18)8(10,11)12)7(16)6(3-4)22(19,20)9(13,14)15/h2-3,16H,1H3. The number of phenols is 1. The predicted molar refractivity (Wildman–Crippen MR) is 59.3 cm³/mol. The lowest BCUT2D eigenvalue weighted by molar-refractivity contribution is -0.0438. The van der Waals surface area contributed by atoms with Crippen LogP contribution in [0, 0.1) is 6.92 Å². The molecule has 1 N–H and O–H groups in total. The van der Waals surface area contributed by atoms with E-state index in [1.54, 1.807) is 0 Å². The van der Waals surface area contributed by atoms with E-state index in [1.165, 1.54) is 0 Å². The molecule has 13 heteroatoms. The number of sulfone groups is 2. The van der Waals surface area contributed by atoms with Gasteiger partial charge in [0.05, 0.1) is 0 Å². The molecule has 0 saturated carbocycles. The molecule has 0 aliphatic carbocycles. The molecule has 126 valence electrons. The minimum Gasteiger partial charge on any atom is -0.505 e. The van der Waals surface area contributed by atoms with E-state index in [0.29, 0.717) is 0 Å². The topological polar surface area (TPSA) is 88.5 Å². The summed E-state index contributed by atoms with van der Waals surface area (Å²) in [6.07, 6.45) is 0. The number of halogens is 6. The summed E-state index contributed by atoms with van der Waals surface area (Å²) in [5.41, 5.74) is -12.4. The van der Waals surface area contributed by atoms with Crippen molar-refractivity contribution in [3.05, 3.63) is 17.7 Å². The van der Waals surface area contributed by atoms with Gasteiger partial charge < -0.3 is 5.11 Å². The van der Waals surface area contributed by atoms with Crippen molar-refractivity contribution in [3.8, 4) is 5.75 Å². The van der Waals surface area contributed by atoms with E-state index < -0.39 is 51.8 Å². The number of aryl methyl sites for hydroxylation is 1. The maximum Gasteiger partial charge on any atom is 0.502 e. The van der Waals surface area contributed by atoms with Crippen LogP contribution in [0.25, 0.3) is 0 Å². The monoisotopic (exact) mass is 372 g/mol. The van der Waals surface area contributed by atoms with Crippen LogP contribution in [-0.4, -0.2) is 33.0 Å². The summed E-state index contributed by atoms with van der Waals surface area (Å²) in [5.74, 6) is -2.14. The molecule has 0 amide bonds. The first-order valence-corrected chi connectivity index (χ1v) is 7.96. The van der Waals surface area contributed by atoms with Crippen molar-refractivity contribution in [1.29, 1.82) is 0 Å². The zero-order valence-corrected chi connectivity index (χ0v) is 12.0. The lowest BCUT2D eigenvalue weighted by Gasteiger charge is -2.15. The molecule has 0 saturated heterocycles. The van der Waals surface area contributed by atoms with Gasteiger partial charge >= 0.3 is 11.0 Å².